The van der Waals surface area contributed by atoms with Crippen molar-refractivity contribution in [1.29, 1.82) is 0 Å². The lowest BCUT2D eigenvalue weighted by Crippen LogP contribution is -2.53. The summed E-state index contributed by atoms with van der Waals surface area (Å²) in [7, 11) is -1.50. The van der Waals surface area contributed by atoms with Crippen molar-refractivity contribution in [1.82, 2.24) is 14.5 Å². The molecule has 1 saturated heterocycles. The van der Waals surface area contributed by atoms with Crippen molar-refractivity contribution < 1.29 is 17.9 Å². The number of benzene rings is 1. The van der Waals surface area contributed by atoms with Crippen LogP contribution in [0, 0.1) is 0 Å². The molecule has 2 amide bonds. The molecule has 0 atom stereocenters. The Labute approximate surface area is 149 Å². The quantitative estimate of drug-likeness (QED) is 0.815. The number of hydrogen-bond donors (Lipinski definition) is 1. The Morgan fingerprint density at radius 2 is 1.80 bits per heavy atom. The van der Waals surface area contributed by atoms with Gasteiger partial charge in [0.05, 0.1) is 12.4 Å². The van der Waals surface area contributed by atoms with Gasteiger partial charge in [-0.25, -0.2) is 13.2 Å². The molecule has 7 nitrogen and oxygen atoms in total. The molecule has 8 heteroatoms. The molecule has 0 unspecified atom stereocenters. The van der Waals surface area contributed by atoms with Gasteiger partial charge in [-0.2, -0.15) is 4.31 Å². The van der Waals surface area contributed by atoms with Gasteiger partial charge in [0.2, 0.25) is 10.0 Å². The summed E-state index contributed by atoms with van der Waals surface area (Å²) in [5.41, 5.74) is 1.13. The number of carbonyl (C=O) groups excluding carboxylic acids is 1. The number of carbonyl (C=O) groups is 1. The maximum atomic E-state index is 12.2. The summed E-state index contributed by atoms with van der Waals surface area (Å²) >= 11 is 0. The van der Waals surface area contributed by atoms with Gasteiger partial charge in [-0.3, -0.25) is 0 Å². The number of piperazine rings is 1. The minimum Gasteiger partial charge on any atom is -0.497 e. The summed E-state index contributed by atoms with van der Waals surface area (Å²) in [4.78, 5) is 13.9. The topological polar surface area (TPSA) is 79.0 Å². The molecule has 0 bridgehead atoms. The van der Waals surface area contributed by atoms with Crippen molar-refractivity contribution in [3.05, 3.63) is 29.8 Å². The van der Waals surface area contributed by atoms with Gasteiger partial charge < -0.3 is 15.0 Å². The van der Waals surface area contributed by atoms with E-state index in [0.717, 1.165) is 30.6 Å². The van der Waals surface area contributed by atoms with E-state index < -0.39 is 10.0 Å². The zero-order valence-corrected chi connectivity index (χ0v) is 15.3. The third-order valence-electron chi connectivity index (χ3n) is 4.68. The number of nitrogens with zero attached hydrogens (tertiary/aromatic N) is 2. The molecule has 2 aliphatic rings. The van der Waals surface area contributed by atoms with Crippen molar-refractivity contribution in [3.8, 4) is 5.75 Å². The average molecular weight is 367 g/mol. The monoisotopic (exact) mass is 367 g/mol. The molecule has 1 aliphatic heterocycles. The van der Waals surface area contributed by atoms with E-state index in [1.165, 1.54) is 4.31 Å². The molecule has 25 heavy (non-hydrogen) atoms. The molecule has 1 N–H and O–H groups in total. The first kappa shape index (κ1) is 18.0. The van der Waals surface area contributed by atoms with Gasteiger partial charge in [-0.15, -0.1) is 0 Å². The van der Waals surface area contributed by atoms with Crippen LogP contribution in [-0.2, 0) is 16.4 Å². The van der Waals surface area contributed by atoms with Crippen molar-refractivity contribution in [2.45, 2.75) is 24.5 Å². The molecule has 138 valence electrons. The van der Waals surface area contributed by atoms with Crippen LogP contribution >= 0.6 is 0 Å². The summed E-state index contributed by atoms with van der Waals surface area (Å²) < 4.78 is 31.0. The largest absolute Gasteiger partial charge is 0.497 e. The third-order valence-corrected chi connectivity index (χ3v) is 7.08. The van der Waals surface area contributed by atoms with Gasteiger partial charge in [-0.05, 0) is 37.0 Å². The number of nitrogens with one attached hydrogen (secondary N) is 1. The first-order chi connectivity index (χ1) is 12.0. The second-order valence-corrected chi connectivity index (χ2v) is 8.67. The molecule has 1 heterocycles. The Hall–Kier alpha value is -1.80. The third kappa shape index (κ3) is 4.43. The number of amides is 2. The van der Waals surface area contributed by atoms with E-state index >= 15 is 0 Å². The van der Waals surface area contributed by atoms with E-state index in [1.807, 2.05) is 24.3 Å². The highest BCUT2D eigenvalue weighted by Crippen LogP contribution is 2.31. The van der Waals surface area contributed by atoms with E-state index in [2.05, 4.69) is 5.32 Å². The summed E-state index contributed by atoms with van der Waals surface area (Å²) in [5, 5.41) is 2.72. The molecule has 1 saturated carbocycles. The SMILES string of the molecule is COc1ccc(CCNC(=O)N2CCN(S(=O)(=O)C3CC3)CC2)cc1. The smallest absolute Gasteiger partial charge is 0.317 e. The van der Waals surface area contributed by atoms with Crippen molar-refractivity contribution in [2.75, 3.05) is 39.8 Å². The number of urea groups is 1. The lowest BCUT2D eigenvalue weighted by molar-refractivity contribution is 0.172. The van der Waals surface area contributed by atoms with Crippen LogP contribution in [0.3, 0.4) is 0 Å². The summed E-state index contributed by atoms with van der Waals surface area (Å²) in [5.74, 6) is 0.812. The Balaban J connectivity index is 1.40. The molecule has 0 aromatic heterocycles. The molecule has 2 fully saturated rings. The van der Waals surface area contributed by atoms with E-state index in [0.29, 0.717) is 32.7 Å². The normalized spacial score (nSPS) is 18.8. The predicted octanol–water partition coefficient (Wildman–Crippen LogP) is 1.06. The van der Waals surface area contributed by atoms with Gasteiger partial charge in [0.15, 0.2) is 0 Å². The van der Waals surface area contributed by atoms with Gasteiger partial charge >= 0.3 is 6.03 Å². The molecule has 1 aromatic carbocycles. The minimum absolute atomic E-state index is 0.128. The standard InChI is InChI=1S/C17H25N3O4S/c1-24-15-4-2-14(3-5-15)8-9-18-17(21)19-10-12-20(13-11-19)25(22,23)16-6-7-16/h2-5,16H,6-13H2,1H3,(H,18,21). The highest BCUT2D eigenvalue weighted by atomic mass is 32.2. The fourth-order valence-corrected chi connectivity index (χ4v) is 4.77. The van der Waals surface area contributed by atoms with Crippen LogP contribution in [0.4, 0.5) is 4.79 Å². The molecule has 3 rings (SSSR count). The second-order valence-electron chi connectivity index (χ2n) is 6.46. The molecule has 0 spiro atoms. The number of ether oxygens (including phenoxy) is 1. The first-order valence-corrected chi connectivity index (χ1v) is 10.2. The van der Waals surface area contributed by atoms with Gasteiger partial charge in [0.1, 0.15) is 5.75 Å². The maximum absolute atomic E-state index is 12.2. The average Bonchev–Trinajstić information content (AvgIpc) is 3.48. The Morgan fingerprint density at radius 1 is 1.16 bits per heavy atom. The van der Waals surface area contributed by atoms with Gasteiger partial charge in [0, 0.05) is 32.7 Å². The Morgan fingerprint density at radius 3 is 2.36 bits per heavy atom. The van der Waals surface area contributed by atoms with Crippen LogP contribution in [0.15, 0.2) is 24.3 Å². The molecule has 1 aromatic rings. The summed E-state index contributed by atoms with van der Waals surface area (Å²) in [6, 6.07) is 7.63. The lowest BCUT2D eigenvalue weighted by Gasteiger charge is -2.34. The van der Waals surface area contributed by atoms with E-state index in [9.17, 15) is 13.2 Å². The van der Waals surface area contributed by atoms with E-state index in [1.54, 1.807) is 12.0 Å². The second kappa shape index (κ2) is 7.61. The fourth-order valence-electron chi connectivity index (χ4n) is 2.94. The summed E-state index contributed by atoms with van der Waals surface area (Å²) in [6.45, 7) is 2.22. The number of methoxy groups -OCH3 is 1. The molecular formula is C17H25N3O4S. The van der Waals surface area contributed by atoms with Crippen LogP contribution in [-0.4, -0.2) is 68.7 Å². The zero-order chi connectivity index (χ0) is 17.9. The lowest BCUT2D eigenvalue weighted by atomic mass is 10.1. The highest BCUT2D eigenvalue weighted by molar-refractivity contribution is 7.90. The Bertz CT molecular complexity index is 693. The van der Waals surface area contributed by atoms with Crippen molar-refractivity contribution >= 4 is 16.1 Å². The van der Waals surface area contributed by atoms with Crippen LogP contribution in [0.25, 0.3) is 0 Å². The van der Waals surface area contributed by atoms with Gasteiger partial charge in [0.25, 0.3) is 0 Å². The molecule has 1 aliphatic carbocycles. The van der Waals surface area contributed by atoms with Crippen LogP contribution < -0.4 is 10.1 Å². The zero-order valence-electron chi connectivity index (χ0n) is 14.5. The van der Waals surface area contributed by atoms with Crippen LogP contribution in [0.1, 0.15) is 18.4 Å². The summed E-state index contributed by atoms with van der Waals surface area (Å²) in [6.07, 6.45) is 2.29. The van der Waals surface area contributed by atoms with Gasteiger partial charge in [-0.1, -0.05) is 12.1 Å². The first-order valence-electron chi connectivity index (χ1n) is 8.65. The van der Waals surface area contributed by atoms with Crippen molar-refractivity contribution in [3.63, 3.8) is 0 Å². The van der Waals surface area contributed by atoms with Crippen LogP contribution in [0.5, 0.6) is 5.75 Å². The fraction of sp³-hybridized carbons (Fsp3) is 0.588. The van der Waals surface area contributed by atoms with Crippen LogP contribution in [0.2, 0.25) is 0 Å². The Kier molecular flexibility index (Phi) is 5.48. The molecular weight excluding hydrogens is 342 g/mol. The predicted molar refractivity (Wildman–Crippen MR) is 95.2 cm³/mol. The minimum atomic E-state index is -3.13. The number of rotatable bonds is 6. The number of sulfonamides is 1. The van der Waals surface area contributed by atoms with Crippen molar-refractivity contribution in [2.24, 2.45) is 0 Å². The van der Waals surface area contributed by atoms with E-state index in [4.69, 9.17) is 4.74 Å². The molecule has 0 radical (unpaired) electrons. The number of hydrogen-bond acceptors (Lipinski definition) is 4. The van der Waals surface area contributed by atoms with E-state index in [-0.39, 0.29) is 11.3 Å². The maximum Gasteiger partial charge on any atom is 0.317 e. The highest BCUT2D eigenvalue weighted by Gasteiger charge is 2.41.